The van der Waals surface area contributed by atoms with E-state index in [2.05, 4.69) is 36.4 Å². The maximum absolute atomic E-state index is 12.1. The van der Waals surface area contributed by atoms with Crippen LogP contribution in [0, 0.1) is 0 Å². The highest BCUT2D eigenvalue weighted by molar-refractivity contribution is 8.26. The monoisotopic (exact) mass is 373 g/mol. The Hall–Kier alpha value is -1.47. The number of amides is 1. The summed E-state index contributed by atoms with van der Waals surface area (Å²) in [4.78, 5) is 16.7. The Bertz CT molecular complexity index is 920. The van der Waals surface area contributed by atoms with E-state index < -0.39 is 0 Å². The number of hydrogen-bond acceptors (Lipinski definition) is 5. The lowest BCUT2D eigenvalue weighted by molar-refractivity contribution is -0.121. The summed E-state index contributed by atoms with van der Waals surface area (Å²) in [6, 6.07) is 14.8. The third kappa shape index (κ3) is 2.76. The Kier molecular flexibility index (Phi) is 3.85. The lowest BCUT2D eigenvalue weighted by Gasteiger charge is -2.03. The molecule has 0 atom stereocenters. The van der Waals surface area contributed by atoms with Crippen LogP contribution in [0.15, 0.2) is 47.4 Å². The minimum Gasteiger partial charge on any atom is -0.296 e. The highest BCUT2D eigenvalue weighted by Gasteiger charge is 2.28. The van der Waals surface area contributed by atoms with E-state index >= 15 is 0 Å². The van der Waals surface area contributed by atoms with Crippen molar-refractivity contribution in [2.75, 3.05) is 7.05 Å². The summed E-state index contributed by atoms with van der Waals surface area (Å²) < 4.78 is 3.13. The predicted octanol–water partition coefficient (Wildman–Crippen LogP) is 5.46. The third-order valence-corrected chi connectivity index (χ3v) is 7.32. The van der Waals surface area contributed by atoms with E-state index in [9.17, 15) is 4.79 Å². The average molecular weight is 374 g/mol. The molecule has 0 radical (unpaired) electrons. The smallest absolute Gasteiger partial charge is 0.265 e. The first-order valence-corrected chi connectivity index (χ1v) is 9.78. The molecule has 1 aliphatic heterocycles. The van der Waals surface area contributed by atoms with Crippen LogP contribution in [0.4, 0.5) is 0 Å². The number of thiocarbonyl (C=S) groups is 1. The number of hydrogen-bond donors (Lipinski definition) is 0. The molecule has 0 saturated carbocycles. The minimum atomic E-state index is -0.0123. The summed E-state index contributed by atoms with van der Waals surface area (Å²) in [5.74, 6) is -0.0123. The van der Waals surface area contributed by atoms with Crippen molar-refractivity contribution < 1.29 is 4.79 Å². The molecule has 0 aliphatic carbocycles. The van der Waals surface area contributed by atoms with Gasteiger partial charge in [0.2, 0.25) is 0 Å². The van der Waals surface area contributed by atoms with E-state index in [1.807, 2.05) is 12.1 Å². The number of likely N-dealkylation sites (N-methyl/N-ethyl adjacent to an activating group) is 1. The third-order valence-electron chi connectivity index (χ3n) is 3.54. The van der Waals surface area contributed by atoms with Crippen LogP contribution in [0.5, 0.6) is 0 Å². The van der Waals surface area contributed by atoms with Crippen LogP contribution in [0.2, 0.25) is 0 Å². The first-order chi connectivity index (χ1) is 11.1. The lowest BCUT2D eigenvalue weighted by Crippen LogP contribution is -2.22. The van der Waals surface area contributed by atoms with Crippen LogP contribution in [-0.2, 0) is 4.79 Å². The summed E-state index contributed by atoms with van der Waals surface area (Å²) in [7, 11) is 1.72. The number of carbonyl (C=O) groups is 1. The van der Waals surface area contributed by atoms with Gasteiger partial charge in [-0.25, -0.2) is 0 Å². The van der Waals surface area contributed by atoms with Crippen LogP contribution in [-0.4, -0.2) is 22.2 Å². The fourth-order valence-corrected chi connectivity index (χ4v) is 5.95. The number of rotatable bonds is 2. The van der Waals surface area contributed by atoms with Gasteiger partial charge in [0.05, 0.1) is 4.91 Å². The highest BCUT2D eigenvalue weighted by atomic mass is 32.2. The maximum Gasteiger partial charge on any atom is 0.265 e. The molecule has 6 heteroatoms. The molecular formula is C17H11NOS4. The van der Waals surface area contributed by atoms with Crippen LogP contribution >= 0.6 is 46.7 Å². The first-order valence-electron chi connectivity index (χ1n) is 6.92. The van der Waals surface area contributed by atoms with Gasteiger partial charge in [-0.2, -0.15) is 0 Å². The van der Waals surface area contributed by atoms with Crippen molar-refractivity contribution in [3.05, 3.63) is 52.2 Å². The first kappa shape index (κ1) is 15.1. The Labute approximate surface area is 151 Å². The van der Waals surface area contributed by atoms with Crippen molar-refractivity contribution >= 4 is 72.4 Å². The van der Waals surface area contributed by atoms with Crippen LogP contribution in [0.25, 0.3) is 25.9 Å². The predicted molar refractivity (Wildman–Crippen MR) is 106 cm³/mol. The van der Waals surface area contributed by atoms with E-state index in [-0.39, 0.29) is 5.91 Å². The Morgan fingerprint density at radius 3 is 2.48 bits per heavy atom. The molecule has 0 N–H and O–H groups in total. The molecule has 1 aromatic carbocycles. The Morgan fingerprint density at radius 2 is 1.83 bits per heavy atom. The van der Waals surface area contributed by atoms with Gasteiger partial charge in [-0.15, -0.1) is 22.7 Å². The van der Waals surface area contributed by atoms with E-state index in [0.717, 1.165) is 4.88 Å². The maximum atomic E-state index is 12.1. The topological polar surface area (TPSA) is 20.3 Å². The van der Waals surface area contributed by atoms with Crippen molar-refractivity contribution in [3.8, 4) is 10.4 Å². The molecular weight excluding hydrogens is 362 g/mol. The number of benzene rings is 1. The lowest BCUT2D eigenvalue weighted by atomic mass is 10.2. The summed E-state index contributed by atoms with van der Waals surface area (Å²) in [6.45, 7) is 0. The van der Waals surface area contributed by atoms with E-state index in [4.69, 9.17) is 12.2 Å². The number of fused-ring (bicyclic) bond motifs is 1. The zero-order valence-electron chi connectivity index (χ0n) is 12.1. The number of carbonyl (C=O) groups excluding carboxylic acids is 1. The van der Waals surface area contributed by atoms with Crippen molar-refractivity contribution in [2.24, 2.45) is 0 Å². The molecule has 0 unspecified atom stereocenters. The number of nitrogens with zero attached hydrogens (tertiary/aromatic N) is 1. The fourth-order valence-electron chi connectivity index (χ4n) is 2.35. The zero-order chi connectivity index (χ0) is 16.0. The SMILES string of the molecule is CN1C(=O)/C(=C\c2cc3sc(-c4ccccc4)cc3s2)SC1=S. The summed E-state index contributed by atoms with van der Waals surface area (Å²) in [5.41, 5.74) is 1.24. The molecule has 3 aromatic rings. The Morgan fingerprint density at radius 1 is 1.09 bits per heavy atom. The molecule has 0 spiro atoms. The zero-order valence-corrected chi connectivity index (χ0v) is 15.4. The fraction of sp³-hybridized carbons (Fsp3) is 0.0588. The van der Waals surface area contributed by atoms with Gasteiger partial charge in [-0.05, 0) is 23.8 Å². The number of thiophene rings is 2. The summed E-state index contributed by atoms with van der Waals surface area (Å²) in [5, 5.41) is 0. The highest BCUT2D eigenvalue weighted by Crippen LogP contribution is 2.40. The second-order valence-corrected chi connectivity index (χ2v) is 8.97. The van der Waals surface area contributed by atoms with Crippen LogP contribution in [0.1, 0.15) is 4.88 Å². The molecule has 0 bridgehead atoms. The molecule has 114 valence electrons. The minimum absolute atomic E-state index is 0.0123. The van der Waals surface area contributed by atoms with Crippen LogP contribution < -0.4 is 0 Å². The van der Waals surface area contributed by atoms with Crippen molar-refractivity contribution in [1.82, 2.24) is 4.90 Å². The molecule has 1 saturated heterocycles. The van der Waals surface area contributed by atoms with Gasteiger partial charge < -0.3 is 0 Å². The van der Waals surface area contributed by atoms with E-state index in [1.54, 1.807) is 29.7 Å². The quantitative estimate of drug-likeness (QED) is 0.439. The van der Waals surface area contributed by atoms with E-state index in [1.165, 1.54) is 36.5 Å². The van der Waals surface area contributed by atoms with Crippen LogP contribution in [0.3, 0.4) is 0 Å². The van der Waals surface area contributed by atoms with Gasteiger partial charge in [0, 0.05) is 26.2 Å². The van der Waals surface area contributed by atoms with Gasteiger partial charge in [0.25, 0.3) is 5.91 Å². The van der Waals surface area contributed by atoms with E-state index in [0.29, 0.717) is 9.23 Å². The van der Waals surface area contributed by atoms with Crippen molar-refractivity contribution in [1.29, 1.82) is 0 Å². The molecule has 2 aromatic heterocycles. The van der Waals surface area contributed by atoms with Gasteiger partial charge in [-0.3, -0.25) is 9.69 Å². The van der Waals surface area contributed by atoms with Crippen molar-refractivity contribution in [2.45, 2.75) is 0 Å². The Balaban J connectivity index is 1.68. The average Bonchev–Trinajstić information content (AvgIpc) is 3.17. The molecule has 1 amide bonds. The molecule has 1 aliphatic rings. The summed E-state index contributed by atoms with van der Waals surface area (Å²) in [6.07, 6.45) is 1.95. The molecule has 3 heterocycles. The molecule has 4 rings (SSSR count). The normalized spacial score (nSPS) is 16.9. The molecule has 2 nitrogen and oxygen atoms in total. The summed E-state index contributed by atoms with van der Waals surface area (Å²) >= 11 is 10.0. The molecule has 23 heavy (non-hydrogen) atoms. The number of thioether (sulfide) groups is 1. The van der Waals surface area contributed by atoms with Gasteiger partial charge in [0.15, 0.2) is 0 Å². The molecule has 1 fully saturated rings. The van der Waals surface area contributed by atoms with Gasteiger partial charge in [-0.1, -0.05) is 54.3 Å². The largest absolute Gasteiger partial charge is 0.296 e. The standard InChI is InChI=1S/C17H11NOS4/c1-18-16(19)15(23-17(18)20)8-11-7-13-14(21-11)9-12(22-13)10-5-3-2-4-6-10/h2-9H,1H3/b15-8+. The van der Waals surface area contributed by atoms with Gasteiger partial charge in [0.1, 0.15) is 4.32 Å². The van der Waals surface area contributed by atoms with Crippen molar-refractivity contribution in [3.63, 3.8) is 0 Å². The second kappa shape index (κ2) is 5.87. The van der Waals surface area contributed by atoms with Gasteiger partial charge >= 0.3 is 0 Å². The second-order valence-electron chi connectivity index (χ2n) is 5.09.